The van der Waals surface area contributed by atoms with Crippen LogP contribution in [0.3, 0.4) is 0 Å². The molecule has 182 valence electrons. The number of rotatable bonds is 5. The number of carbonyl (C=O) groups excluding carboxylic acids is 2. The first kappa shape index (κ1) is 24.5. The molecule has 2 aromatic carbocycles. The monoisotopic (exact) mass is 482 g/mol. The summed E-state index contributed by atoms with van der Waals surface area (Å²) in [6.45, 7) is 3.79. The molecule has 8 nitrogen and oxygen atoms in total. The van der Waals surface area contributed by atoms with E-state index in [9.17, 15) is 14.4 Å². The third-order valence-electron chi connectivity index (χ3n) is 5.94. The molecule has 2 aromatic heterocycles. The highest BCUT2D eigenvalue weighted by molar-refractivity contribution is 5.91. The molecule has 0 saturated heterocycles. The van der Waals surface area contributed by atoms with Crippen molar-refractivity contribution in [2.45, 2.75) is 26.7 Å². The molecule has 1 amide bonds. The molecule has 0 bridgehead atoms. The van der Waals surface area contributed by atoms with Crippen LogP contribution in [-0.4, -0.2) is 33.8 Å². The zero-order valence-electron chi connectivity index (χ0n) is 20.6. The first-order chi connectivity index (χ1) is 17.3. The standard InChI is InChI=1S/C28H26N4O4/c1-17-23(27(34)30-26-25(17)18(2)31-32(26)3)13-14-24(33)29-22-10-6-8-20(16-22)12-11-19-7-5-9-21(15-19)28(35)36-4/h5-10,15-16H,13-14H2,1-4H3,(H,29,33)(H,30,34). The maximum Gasteiger partial charge on any atom is 0.337 e. The number of H-pyrrole nitrogens is 1. The first-order valence-electron chi connectivity index (χ1n) is 11.4. The number of anilines is 1. The summed E-state index contributed by atoms with van der Waals surface area (Å²) in [5.74, 6) is 5.45. The normalized spacial score (nSPS) is 10.6. The molecule has 2 N–H and O–H groups in total. The third kappa shape index (κ3) is 5.20. The van der Waals surface area contributed by atoms with Crippen LogP contribution in [0.15, 0.2) is 53.3 Å². The lowest BCUT2D eigenvalue weighted by atomic mass is 10.0. The molecule has 4 aromatic rings. The van der Waals surface area contributed by atoms with E-state index in [4.69, 9.17) is 4.74 Å². The molecule has 0 saturated carbocycles. The summed E-state index contributed by atoms with van der Waals surface area (Å²) in [5, 5.41) is 8.17. The highest BCUT2D eigenvalue weighted by Gasteiger charge is 2.16. The molecule has 0 atom stereocenters. The minimum atomic E-state index is -0.420. The molecule has 8 heteroatoms. The Morgan fingerprint density at radius 2 is 1.78 bits per heavy atom. The van der Waals surface area contributed by atoms with Crippen LogP contribution in [0.2, 0.25) is 0 Å². The smallest absolute Gasteiger partial charge is 0.337 e. The predicted molar refractivity (Wildman–Crippen MR) is 138 cm³/mol. The second kappa shape index (κ2) is 10.3. The van der Waals surface area contributed by atoms with Crippen molar-refractivity contribution in [3.05, 3.63) is 92.4 Å². The zero-order chi connectivity index (χ0) is 25.8. The molecule has 0 spiro atoms. The van der Waals surface area contributed by atoms with Gasteiger partial charge in [-0.3, -0.25) is 14.3 Å². The minimum Gasteiger partial charge on any atom is -0.465 e. The number of amides is 1. The number of nitrogens with zero attached hydrogens (tertiary/aromatic N) is 2. The molecule has 0 unspecified atom stereocenters. The van der Waals surface area contributed by atoms with Crippen LogP contribution in [0.1, 0.15) is 44.7 Å². The fourth-order valence-corrected chi connectivity index (χ4v) is 4.18. The largest absolute Gasteiger partial charge is 0.465 e. The predicted octanol–water partition coefficient (Wildman–Crippen LogP) is 3.64. The second-order valence-corrected chi connectivity index (χ2v) is 8.44. The quantitative estimate of drug-likeness (QED) is 0.334. The molecule has 0 aliphatic rings. The molecule has 2 heterocycles. The maximum atomic E-state index is 12.6. The molecule has 0 radical (unpaired) electrons. The second-order valence-electron chi connectivity index (χ2n) is 8.44. The summed E-state index contributed by atoms with van der Waals surface area (Å²) >= 11 is 0. The topological polar surface area (TPSA) is 106 Å². The van der Waals surface area contributed by atoms with E-state index in [0.29, 0.717) is 40.0 Å². The van der Waals surface area contributed by atoms with Crippen molar-refractivity contribution >= 4 is 28.6 Å². The summed E-state index contributed by atoms with van der Waals surface area (Å²) < 4.78 is 6.40. The Labute approximate surface area is 208 Å². The van der Waals surface area contributed by atoms with Crippen molar-refractivity contribution in [3.63, 3.8) is 0 Å². The van der Waals surface area contributed by atoms with Gasteiger partial charge in [-0.15, -0.1) is 0 Å². The molecule has 0 fully saturated rings. The Morgan fingerprint density at radius 1 is 1.08 bits per heavy atom. The molecular formula is C28H26N4O4. The summed E-state index contributed by atoms with van der Waals surface area (Å²) in [6.07, 6.45) is 0.471. The van der Waals surface area contributed by atoms with Gasteiger partial charge < -0.3 is 15.0 Å². The van der Waals surface area contributed by atoms with Crippen LogP contribution in [0.4, 0.5) is 5.69 Å². The number of pyridine rings is 1. The number of hydrogen-bond acceptors (Lipinski definition) is 5. The van der Waals surface area contributed by atoms with Gasteiger partial charge in [0.05, 0.1) is 18.4 Å². The fourth-order valence-electron chi connectivity index (χ4n) is 4.18. The van der Waals surface area contributed by atoms with Gasteiger partial charge in [-0.25, -0.2) is 4.79 Å². The van der Waals surface area contributed by atoms with E-state index in [1.54, 1.807) is 54.2 Å². The van der Waals surface area contributed by atoms with E-state index in [1.165, 1.54) is 7.11 Å². The summed E-state index contributed by atoms with van der Waals surface area (Å²) in [5.41, 5.74) is 5.17. The van der Waals surface area contributed by atoms with E-state index in [-0.39, 0.29) is 17.9 Å². The number of methoxy groups -OCH3 is 1. The Balaban J connectivity index is 1.45. The molecule has 36 heavy (non-hydrogen) atoms. The van der Waals surface area contributed by atoms with Crippen LogP contribution in [0.5, 0.6) is 0 Å². The number of fused-ring (bicyclic) bond motifs is 1. The number of nitrogens with one attached hydrogen (secondary N) is 2. The number of benzene rings is 2. The van der Waals surface area contributed by atoms with Crippen molar-refractivity contribution < 1.29 is 14.3 Å². The van der Waals surface area contributed by atoms with E-state index in [2.05, 4.69) is 27.2 Å². The van der Waals surface area contributed by atoms with Crippen LogP contribution in [0, 0.1) is 25.7 Å². The number of aryl methyl sites for hydroxylation is 3. The molecule has 0 aliphatic heterocycles. The van der Waals surface area contributed by atoms with Gasteiger partial charge in [0, 0.05) is 41.2 Å². The third-order valence-corrected chi connectivity index (χ3v) is 5.94. The van der Waals surface area contributed by atoms with Gasteiger partial charge >= 0.3 is 5.97 Å². The molecular weight excluding hydrogens is 456 g/mol. The number of hydrogen-bond donors (Lipinski definition) is 2. The van der Waals surface area contributed by atoms with Crippen molar-refractivity contribution in [2.75, 3.05) is 12.4 Å². The van der Waals surface area contributed by atoms with Crippen molar-refractivity contribution in [1.82, 2.24) is 14.8 Å². The number of ether oxygens (including phenoxy) is 1. The Kier molecular flexibility index (Phi) is 7.02. The van der Waals surface area contributed by atoms with Crippen LogP contribution >= 0.6 is 0 Å². The lowest BCUT2D eigenvalue weighted by molar-refractivity contribution is -0.116. The Morgan fingerprint density at radius 3 is 2.50 bits per heavy atom. The lowest BCUT2D eigenvalue weighted by Crippen LogP contribution is -2.19. The average Bonchev–Trinajstić information content (AvgIpc) is 3.15. The first-order valence-corrected chi connectivity index (χ1v) is 11.4. The zero-order valence-corrected chi connectivity index (χ0v) is 20.6. The number of aromatic nitrogens is 3. The lowest BCUT2D eigenvalue weighted by Gasteiger charge is -2.08. The minimum absolute atomic E-state index is 0.158. The fraction of sp³-hybridized carbons (Fsp3) is 0.214. The van der Waals surface area contributed by atoms with E-state index >= 15 is 0 Å². The summed E-state index contributed by atoms with van der Waals surface area (Å²) in [4.78, 5) is 39.9. The van der Waals surface area contributed by atoms with E-state index in [0.717, 1.165) is 16.6 Å². The van der Waals surface area contributed by atoms with Gasteiger partial charge in [0.25, 0.3) is 5.56 Å². The van der Waals surface area contributed by atoms with Crippen LogP contribution in [-0.2, 0) is 23.0 Å². The average molecular weight is 483 g/mol. The SMILES string of the molecule is COC(=O)c1cccc(C#Cc2cccc(NC(=O)CCc3c(C)c4c(C)nn(C)c4[nH]c3=O)c2)c1. The van der Waals surface area contributed by atoms with Gasteiger partial charge in [-0.1, -0.05) is 24.0 Å². The van der Waals surface area contributed by atoms with Crippen molar-refractivity contribution in [3.8, 4) is 11.8 Å². The maximum absolute atomic E-state index is 12.6. The van der Waals surface area contributed by atoms with E-state index in [1.807, 2.05) is 19.9 Å². The van der Waals surface area contributed by atoms with E-state index < -0.39 is 5.97 Å². The summed E-state index contributed by atoms with van der Waals surface area (Å²) in [6, 6.07) is 14.1. The van der Waals surface area contributed by atoms with Gasteiger partial charge in [0.15, 0.2) is 0 Å². The number of carbonyl (C=O) groups is 2. The highest BCUT2D eigenvalue weighted by Crippen LogP contribution is 2.21. The Bertz CT molecular complexity index is 1600. The summed E-state index contributed by atoms with van der Waals surface area (Å²) in [7, 11) is 3.12. The van der Waals surface area contributed by atoms with Crippen molar-refractivity contribution in [1.29, 1.82) is 0 Å². The van der Waals surface area contributed by atoms with Crippen molar-refractivity contribution in [2.24, 2.45) is 7.05 Å². The van der Waals surface area contributed by atoms with Gasteiger partial charge in [-0.2, -0.15) is 5.10 Å². The van der Waals surface area contributed by atoms with Crippen LogP contribution < -0.4 is 10.9 Å². The Hall–Kier alpha value is -4.64. The highest BCUT2D eigenvalue weighted by atomic mass is 16.5. The van der Waals surface area contributed by atoms with Gasteiger partial charge in [-0.05, 0) is 62.2 Å². The number of aromatic amines is 1. The van der Waals surface area contributed by atoms with Crippen LogP contribution in [0.25, 0.3) is 11.0 Å². The number of esters is 1. The molecule has 0 aliphatic carbocycles. The molecule has 4 rings (SSSR count). The van der Waals surface area contributed by atoms with Gasteiger partial charge in [0.1, 0.15) is 5.65 Å². The van der Waals surface area contributed by atoms with Gasteiger partial charge in [0.2, 0.25) is 5.91 Å².